The Morgan fingerprint density at radius 3 is 2.44 bits per heavy atom. The van der Waals surface area contributed by atoms with E-state index in [0.717, 1.165) is 35.7 Å². The highest BCUT2D eigenvalue weighted by Crippen LogP contribution is 2.32. The number of nitrogens with zero attached hydrogens (tertiary/aromatic N) is 2. The topological polar surface area (TPSA) is 49.9 Å². The van der Waals surface area contributed by atoms with Crippen molar-refractivity contribution in [1.82, 2.24) is 9.80 Å². The van der Waals surface area contributed by atoms with Crippen LogP contribution in [0.5, 0.6) is 0 Å². The van der Waals surface area contributed by atoms with Crippen molar-refractivity contribution < 1.29 is 14.3 Å². The van der Waals surface area contributed by atoms with E-state index in [9.17, 15) is 9.59 Å². The zero-order valence-corrected chi connectivity index (χ0v) is 18.0. The lowest BCUT2D eigenvalue weighted by atomic mass is 9.96. The van der Waals surface area contributed by atoms with E-state index >= 15 is 0 Å². The Hall–Kier alpha value is -1.56. The molecule has 1 aromatic rings. The van der Waals surface area contributed by atoms with Gasteiger partial charge < -0.3 is 14.5 Å². The standard InChI is InChI=1S/C21H29BrN2O3/c1-21(2,3)27-20(26)23-12-4-5-16(14-23)19(25)24(18-10-11-18)13-15-6-8-17(22)9-7-15/h6-9,16,18H,4-5,10-14H2,1-3H3/t16-/m1/s1. The normalized spacial score (nSPS) is 20.3. The van der Waals surface area contributed by atoms with Gasteiger partial charge in [0.15, 0.2) is 0 Å². The number of hydrogen-bond acceptors (Lipinski definition) is 3. The highest BCUT2D eigenvalue weighted by Gasteiger charge is 2.38. The summed E-state index contributed by atoms with van der Waals surface area (Å²) in [6.07, 6.45) is 3.51. The van der Waals surface area contributed by atoms with Crippen molar-refractivity contribution in [3.8, 4) is 0 Å². The molecule has 1 saturated carbocycles. The predicted molar refractivity (Wildman–Crippen MR) is 108 cm³/mol. The number of piperidine rings is 1. The Balaban J connectivity index is 1.65. The largest absolute Gasteiger partial charge is 0.444 e. The van der Waals surface area contributed by atoms with Crippen LogP contribution in [0.15, 0.2) is 28.7 Å². The van der Waals surface area contributed by atoms with Gasteiger partial charge in [-0.25, -0.2) is 4.79 Å². The molecule has 1 heterocycles. The van der Waals surface area contributed by atoms with E-state index in [0.29, 0.717) is 25.7 Å². The summed E-state index contributed by atoms with van der Waals surface area (Å²) in [6.45, 7) is 7.35. The summed E-state index contributed by atoms with van der Waals surface area (Å²) in [6, 6.07) is 8.48. The van der Waals surface area contributed by atoms with Crippen LogP contribution in [0, 0.1) is 5.92 Å². The lowest BCUT2D eigenvalue weighted by Gasteiger charge is -2.36. The highest BCUT2D eigenvalue weighted by molar-refractivity contribution is 9.10. The van der Waals surface area contributed by atoms with E-state index in [1.165, 1.54) is 0 Å². The molecular formula is C21H29BrN2O3. The molecule has 6 heteroatoms. The van der Waals surface area contributed by atoms with Crippen LogP contribution in [0.4, 0.5) is 4.79 Å². The molecule has 1 aliphatic heterocycles. The minimum Gasteiger partial charge on any atom is -0.444 e. The van der Waals surface area contributed by atoms with Crippen molar-refractivity contribution in [2.24, 2.45) is 5.92 Å². The summed E-state index contributed by atoms with van der Waals surface area (Å²) < 4.78 is 6.53. The molecule has 0 unspecified atom stereocenters. The van der Waals surface area contributed by atoms with E-state index in [-0.39, 0.29) is 17.9 Å². The van der Waals surface area contributed by atoms with Gasteiger partial charge in [-0.2, -0.15) is 0 Å². The van der Waals surface area contributed by atoms with E-state index in [2.05, 4.69) is 28.1 Å². The second kappa shape index (κ2) is 8.21. The van der Waals surface area contributed by atoms with Crippen LogP contribution in [0.2, 0.25) is 0 Å². The fraction of sp³-hybridized carbons (Fsp3) is 0.619. The van der Waals surface area contributed by atoms with Crippen LogP contribution in [-0.4, -0.2) is 46.5 Å². The second-order valence-corrected chi connectivity index (χ2v) is 9.50. The molecule has 1 aromatic carbocycles. The molecular weight excluding hydrogens is 408 g/mol. The maximum absolute atomic E-state index is 13.2. The second-order valence-electron chi connectivity index (χ2n) is 8.59. The SMILES string of the molecule is CC(C)(C)OC(=O)N1CCC[C@@H](C(=O)N(Cc2ccc(Br)cc2)C2CC2)C1. The fourth-order valence-corrected chi connectivity index (χ4v) is 3.73. The zero-order chi connectivity index (χ0) is 19.6. The molecule has 2 aliphatic rings. The Morgan fingerprint density at radius 2 is 1.85 bits per heavy atom. The maximum Gasteiger partial charge on any atom is 0.410 e. The molecule has 1 atom stereocenters. The first-order valence-corrected chi connectivity index (χ1v) is 10.5. The van der Waals surface area contributed by atoms with E-state index in [1.54, 1.807) is 4.90 Å². The molecule has 148 valence electrons. The molecule has 0 bridgehead atoms. The van der Waals surface area contributed by atoms with Crippen LogP contribution in [0.25, 0.3) is 0 Å². The minimum atomic E-state index is -0.518. The molecule has 2 fully saturated rings. The lowest BCUT2D eigenvalue weighted by Crippen LogP contribution is -2.48. The Labute approximate surface area is 170 Å². The monoisotopic (exact) mass is 436 g/mol. The maximum atomic E-state index is 13.2. The van der Waals surface area contributed by atoms with Crippen molar-refractivity contribution in [2.75, 3.05) is 13.1 Å². The summed E-state index contributed by atoms with van der Waals surface area (Å²) in [4.78, 5) is 29.4. The van der Waals surface area contributed by atoms with Gasteiger partial charge >= 0.3 is 6.09 Å². The molecule has 0 N–H and O–H groups in total. The molecule has 0 aromatic heterocycles. The number of carbonyl (C=O) groups is 2. The molecule has 5 nitrogen and oxygen atoms in total. The molecule has 0 spiro atoms. The Morgan fingerprint density at radius 1 is 1.19 bits per heavy atom. The summed E-state index contributed by atoms with van der Waals surface area (Å²) >= 11 is 3.46. The number of halogens is 1. The van der Waals surface area contributed by atoms with Crippen molar-refractivity contribution in [3.05, 3.63) is 34.3 Å². The number of amides is 2. The van der Waals surface area contributed by atoms with Gasteiger partial charge in [0.2, 0.25) is 5.91 Å². The first-order valence-electron chi connectivity index (χ1n) is 9.76. The minimum absolute atomic E-state index is 0.137. The van der Waals surface area contributed by atoms with Crippen LogP contribution in [0.1, 0.15) is 52.0 Å². The number of ether oxygens (including phenoxy) is 1. The summed E-state index contributed by atoms with van der Waals surface area (Å²) in [7, 11) is 0. The smallest absolute Gasteiger partial charge is 0.410 e. The van der Waals surface area contributed by atoms with Gasteiger partial charge in [-0.15, -0.1) is 0 Å². The van der Waals surface area contributed by atoms with Gasteiger partial charge in [-0.1, -0.05) is 28.1 Å². The van der Waals surface area contributed by atoms with Crippen LogP contribution >= 0.6 is 15.9 Å². The van der Waals surface area contributed by atoms with Crippen molar-refractivity contribution >= 4 is 27.9 Å². The number of likely N-dealkylation sites (tertiary alicyclic amines) is 1. The van der Waals surface area contributed by atoms with Gasteiger partial charge in [-0.3, -0.25) is 4.79 Å². The van der Waals surface area contributed by atoms with Gasteiger partial charge in [0.1, 0.15) is 5.60 Å². The highest BCUT2D eigenvalue weighted by atomic mass is 79.9. The molecule has 3 rings (SSSR count). The molecule has 2 amide bonds. The van der Waals surface area contributed by atoms with Gasteiger partial charge in [0, 0.05) is 30.1 Å². The first-order chi connectivity index (χ1) is 12.7. The van der Waals surface area contributed by atoms with Crippen LogP contribution in [0.3, 0.4) is 0 Å². The quantitative estimate of drug-likeness (QED) is 0.693. The molecule has 0 radical (unpaired) electrons. The Kier molecular flexibility index (Phi) is 6.14. The van der Waals surface area contributed by atoms with Gasteiger partial charge in [0.25, 0.3) is 0 Å². The molecule has 1 aliphatic carbocycles. The van der Waals surface area contributed by atoms with E-state index in [4.69, 9.17) is 4.74 Å². The van der Waals surface area contributed by atoms with Gasteiger partial charge in [-0.05, 0) is 64.2 Å². The van der Waals surface area contributed by atoms with Crippen LogP contribution in [-0.2, 0) is 16.1 Å². The molecule has 27 heavy (non-hydrogen) atoms. The summed E-state index contributed by atoms with van der Waals surface area (Å²) in [5.74, 6) is 0.0380. The van der Waals surface area contributed by atoms with E-state index in [1.807, 2.05) is 37.8 Å². The average Bonchev–Trinajstić information content (AvgIpc) is 3.44. The zero-order valence-electron chi connectivity index (χ0n) is 16.4. The third-order valence-electron chi connectivity index (χ3n) is 4.96. The van der Waals surface area contributed by atoms with Crippen LogP contribution < -0.4 is 0 Å². The molecule has 1 saturated heterocycles. The summed E-state index contributed by atoms with van der Waals surface area (Å²) in [5, 5.41) is 0. The number of carbonyl (C=O) groups excluding carboxylic acids is 2. The van der Waals surface area contributed by atoms with E-state index < -0.39 is 5.60 Å². The number of hydrogen-bond donors (Lipinski definition) is 0. The third kappa shape index (κ3) is 5.71. The first kappa shape index (κ1) is 20.2. The van der Waals surface area contributed by atoms with Gasteiger partial charge in [0.05, 0.1) is 5.92 Å². The van der Waals surface area contributed by atoms with Crippen molar-refractivity contribution in [1.29, 1.82) is 0 Å². The fourth-order valence-electron chi connectivity index (χ4n) is 3.47. The predicted octanol–water partition coefficient (Wildman–Crippen LogP) is 4.59. The third-order valence-corrected chi connectivity index (χ3v) is 5.49. The van der Waals surface area contributed by atoms with Crippen molar-refractivity contribution in [3.63, 3.8) is 0 Å². The lowest BCUT2D eigenvalue weighted by molar-refractivity contribution is -0.138. The number of rotatable bonds is 4. The number of benzene rings is 1. The van der Waals surface area contributed by atoms with Crippen molar-refractivity contribution in [2.45, 2.75) is 64.6 Å². The average molecular weight is 437 g/mol. The Bertz CT molecular complexity index is 680. The summed E-state index contributed by atoms with van der Waals surface area (Å²) in [5.41, 5.74) is 0.619.